The molecule has 2 aliphatic rings. The van der Waals surface area contributed by atoms with Crippen molar-refractivity contribution in [3.05, 3.63) is 24.0 Å². The van der Waals surface area contributed by atoms with E-state index in [9.17, 15) is 0 Å². The Morgan fingerprint density at radius 1 is 1.24 bits per heavy atom. The van der Waals surface area contributed by atoms with Crippen molar-refractivity contribution in [2.45, 2.75) is 38.3 Å². The molecule has 2 heterocycles. The van der Waals surface area contributed by atoms with Crippen LogP contribution in [0.4, 0.5) is 5.69 Å². The molecule has 2 fully saturated rings. The lowest BCUT2D eigenvalue weighted by Gasteiger charge is -2.34. The number of aromatic nitrogens is 1. The van der Waals surface area contributed by atoms with Crippen LogP contribution in [0.1, 0.15) is 31.4 Å². The first-order chi connectivity index (χ1) is 10.2. The molecule has 1 aromatic rings. The van der Waals surface area contributed by atoms with Gasteiger partial charge in [0.1, 0.15) is 0 Å². The number of hydrogen-bond donors (Lipinski definition) is 1. The van der Waals surface area contributed by atoms with Crippen LogP contribution in [-0.2, 0) is 6.54 Å². The van der Waals surface area contributed by atoms with Crippen LogP contribution in [0.2, 0.25) is 0 Å². The molecule has 4 nitrogen and oxygen atoms in total. The first-order valence-electron chi connectivity index (χ1n) is 8.28. The van der Waals surface area contributed by atoms with Crippen molar-refractivity contribution in [3.63, 3.8) is 0 Å². The van der Waals surface area contributed by atoms with Crippen LogP contribution < -0.4 is 10.2 Å². The Kier molecular flexibility index (Phi) is 4.76. The third-order valence-electron chi connectivity index (χ3n) is 4.55. The second-order valence-corrected chi connectivity index (χ2v) is 6.85. The fourth-order valence-corrected chi connectivity index (χ4v) is 3.19. The molecular weight excluding hydrogens is 260 g/mol. The first kappa shape index (κ1) is 14.8. The van der Waals surface area contributed by atoms with Crippen molar-refractivity contribution >= 4 is 5.69 Å². The van der Waals surface area contributed by atoms with Crippen LogP contribution in [0.25, 0.3) is 0 Å². The zero-order valence-electron chi connectivity index (χ0n) is 13.4. The molecule has 0 radical (unpaired) electrons. The molecule has 1 aliphatic heterocycles. The van der Waals surface area contributed by atoms with Crippen molar-refractivity contribution in [1.29, 1.82) is 0 Å². The lowest BCUT2D eigenvalue weighted by atomic mass is 9.96. The minimum Gasteiger partial charge on any atom is -0.371 e. The SMILES string of the molecule is CN(C)CC1CCN(c2ccnc(CNC3CC3)c2)CC1. The molecular formula is C17H28N4. The summed E-state index contributed by atoms with van der Waals surface area (Å²) in [6.07, 6.45) is 7.23. The summed E-state index contributed by atoms with van der Waals surface area (Å²) in [5, 5.41) is 3.55. The maximum atomic E-state index is 4.49. The van der Waals surface area contributed by atoms with E-state index in [2.05, 4.69) is 46.3 Å². The van der Waals surface area contributed by atoms with Gasteiger partial charge >= 0.3 is 0 Å². The smallest absolute Gasteiger partial charge is 0.0562 e. The average Bonchev–Trinajstić information content (AvgIpc) is 3.30. The highest BCUT2D eigenvalue weighted by molar-refractivity contribution is 5.46. The Balaban J connectivity index is 1.53. The average molecular weight is 288 g/mol. The van der Waals surface area contributed by atoms with Crippen LogP contribution in [0.5, 0.6) is 0 Å². The van der Waals surface area contributed by atoms with Gasteiger partial charge in [-0.15, -0.1) is 0 Å². The van der Waals surface area contributed by atoms with E-state index in [0.29, 0.717) is 0 Å². The maximum absolute atomic E-state index is 4.49. The molecule has 0 unspecified atom stereocenters. The molecule has 0 bridgehead atoms. The molecule has 0 aromatic carbocycles. The van der Waals surface area contributed by atoms with E-state index in [1.807, 2.05) is 6.20 Å². The summed E-state index contributed by atoms with van der Waals surface area (Å²) < 4.78 is 0. The summed E-state index contributed by atoms with van der Waals surface area (Å²) in [6.45, 7) is 4.49. The molecule has 1 aromatic heterocycles. The Hall–Kier alpha value is -1.13. The molecule has 1 N–H and O–H groups in total. The number of piperidine rings is 1. The molecule has 4 heteroatoms. The van der Waals surface area contributed by atoms with Gasteiger partial charge in [0.05, 0.1) is 5.69 Å². The van der Waals surface area contributed by atoms with Gasteiger partial charge in [-0.2, -0.15) is 0 Å². The van der Waals surface area contributed by atoms with Crippen LogP contribution >= 0.6 is 0 Å². The lowest BCUT2D eigenvalue weighted by Crippen LogP contribution is -2.37. The summed E-state index contributed by atoms with van der Waals surface area (Å²) in [4.78, 5) is 9.33. The van der Waals surface area contributed by atoms with Gasteiger partial charge < -0.3 is 15.1 Å². The van der Waals surface area contributed by atoms with E-state index in [1.165, 1.54) is 56.7 Å². The number of pyridine rings is 1. The largest absolute Gasteiger partial charge is 0.371 e. The Bertz CT molecular complexity index is 448. The monoisotopic (exact) mass is 288 g/mol. The third-order valence-corrected chi connectivity index (χ3v) is 4.55. The van der Waals surface area contributed by atoms with E-state index in [-0.39, 0.29) is 0 Å². The highest BCUT2D eigenvalue weighted by Crippen LogP contribution is 2.24. The number of anilines is 1. The minimum absolute atomic E-state index is 0.747. The summed E-state index contributed by atoms with van der Waals surface area (Å²) in [7, 11) is 4.35. The number of rotatable bonds is 6. The van der Waals surface area contributed by atoms with Gasteiger partial charge in [0.15, 0.2) is 0 Å². The maximum Gasteiger partial charge on any atom is 0.0562 e. The molecule has 1 aliphatic carbocycles. The van der Waals surface area contributed by atoms with Gasteiger partial charge in [-0.25, -0.2) is 0 Å². The molecule has 21 heavy (non-hydrogen) atoms. The van der Waals surface area contributed by atoms with Crippen molar-refractivity contribution in [1.82, 2.24) is 15.2 Å². The van der Waals surface area contributed by atoms with Crippen molar-refractivity contribution < 1.29 is 0 Å². The van der Waals surface area contributed by atoms with Gasteiger partial charge in [-0.3, -0.25) is 4.98 Å². The molecule has 1 saturated heterocycles. The molecule has 0 amide bonds. The second kappa shape index (κ2) is 6.75. The van der Waals surface area contributed by atoms with Gasteiger partial charge in [0.25, 0.3) is 0 Å². The Morgan fingerprint density at radius 2 is 2.00 bits per heavy atom. The normalized spacial score (nSPS) is 20.2. The first-order valence-corrected chi connectivity index (χ1v) is 8.28. The van der Waals surface area contributed by atoms with Gasteiger partial charge in [-0.05, 0) is 57.8 Å². The molecule has 1 saturated carbocycles. The quantitative estimate of drug-likeness (QED) is 0.869. The van der Waals surface area contributed by atoms with Crippen LogP contribution in [0.3, 0.4) is 0 Å². The van der Waals surface area contributed by atoms with Crippen LogP contribution in [-0.4, -0.2) is 49.7 Å². The van der Waals surface area contributed by atoms with Crippen molar-refractivity contribution in [2.75, 3.05) is 38.6 Å². The third kappa shape index (κ3) is 4.42. The minimum atomic E-state index is 0.747. The Morgan fingerprint density at radius 3 is 2.67 bits per heavy atom. The van der Waals surface area contributed by atoms with E-state index in [4.69, 9.17) is 0 Å². The Labute approximate surface area is 128 Å². The van der Waals surface area contributed by atoms with Crippen molar-refractivity contribution in [3.8, 4) is 0 Å². The second-order valence-electron chi connectivity index (χ2n) is 6.85. The summed E-state index contributed by atoms with van der Waals surface area (Å²) in [5.74, 6) is 0.856. The fraction of sp³-hybridized carbons (Fsp3) is 0.706. The van der Waals surface area contributed by atoms with Gasteiger partial charge in [-0.1, -0.05) is 0 Å². The zero-order valence-corrected chi connectivity index (χ0v) is 13.4. The zero-order chi connectivity index (χ0) is 14.7. The van der Waals surface area contributed by atoms with Gasteiger partial charge in [0, 0.05) is 44.1 Å². The molecule has 0 atom stereocenters. The van der Waals surface area contributed by atoms with Gasteiger partial charge in [0.2, 0.25) is 0 Å². The predicted octanol–water partition coefficient (Wildman–Crippen LogP) is 2.11. The molecule has 116 valence electrons. The molecule has 0 spiro atoms. The summed E-state index contributed by atoms with van der Waals surface area (Å²) >= 11 is 0. The van der Waals surface area contributed by atoms with Crippen LogP contribution in [0.15, 0.2) is 18.3 Å². The summed E-state index contributed by atoms with van der Waals surface area (Å²) in [5.41, 5.74) is 2.52. The lowest BCUT2D eigenvalue weighted by molar-refractivity contribution is 0.285. The van der Waals surface area contributed by atoms with Crippen LogP contribution in [0, 0.1) is 5.92 Å². The fourth-order valence-electron chi connectivity index (χ4n) is 3.19. The number of nitrogens with one attached hydrogen (secondary N) is 1. The van der Waals surface area contributed by atoms with Crippen molar-refractivity contribution in [2.24, 2.45) is 5.92 Å². The summed E-state index contributed by atoms with van der Waals surface area (Å²) in [6, 6.07) is 5.17. The van der Waals surface area contributed by atoms with E-state index < -0.39 is 0 Å². The van der Waals surface area contributed by atoms with E-state index in [1.54, 1.807) is 0 Å². The topological polar surface area (TPSA) is 31.4 Å². The van der Waals surface area contributed by atoms with E-state index in [0.717, 1.165) is 18.5 Å². The van der Waals surface area contributed by atoms with E-state index >= 15 is 0 Å². The highest BCUT2D eigenvalue weighted by Gasteiger charge is 2.21. The molecule has 3 rings (SSSR count). The number of hydrogen-bond acceptors (Lipinski definition) is 4. The standard InChI is InChI=1S/C17H28N4/c1-20(2)13-14-6-9-21(10-7-14)17-5-8-18-16(11-17)12-19-15-3-4-15/h5,8,11,14-15,19H,3-4,6-7,9-10,12-13H2,1-2H3. The highest BCUT2D eigenvalue weighted by atomic mass is 15.1. The predicted molar refractivity (Wildman–Crippen MR) is 87.6 cm³/mol. The number of nitrogens with zero attached hydrogens (tertiary/aromatic N) is 3.